The van der Waals surface area contributed by atoms with Gasteiger partial charge in [0.05, 0.1) is 11.6 Å². The molecule has 0 amide bonds. The summed E-state index contributed by atoms with van der Waals surface area (Å²) in [6.45, 7) is 2.09. The van der Waals surface area contributed by atoms with E-state index in [9.17, 15) is 9.18 Å². The first kappa shape index (κ1) is 16.5. The third kappa shape index (κ3) is 2.68. The SMILES string of the molecule is CCOC(=O)C1(c2ccccc2)Cc2cc(F)c(Cl)c(Br)c2C1. The number of carbonyl (C=O) groups is 1. The number of halogens is 3. The first-order valence-electron chi connectivity index (χ1n) is 7.37. The Morgan fingerprint density at radius 1 is 1.35 bits per heavy atom. The summed E-state index contributed by atoms with van der Waals surface area (Å²) in [5.74, 6) is -0.768. The lowest BCUT2D eigenvalue weighted by Gasteiger charge is -2.27. The van der Waals surface area contributed by atoms with Crippen LogP contribution in [0.3, 0.4) is 0 Å². The van der Waals surface area contributed by atoms with Gasteiger partial charge in [-0.25, -0.2) is 4.39 Å². The molecule has 0 radical (unpaired) electrons. The quantitative estimate of drug-likeness (QED) is 0.547. The minimum Gasteiger partial charge on any atom is -0.465 e. The van der Waals surface area contributed by atoms with Crippen molar-refractivity contribution in [3.63, 3.8) is 0 Å². The van der Waals surface area contributed by atoms with Gasteiger partial charge >= 0.3 is 5.97 Å². The molecule has 23 heavy (non-hydrogen) atoms. The monoisotopic (exact) mass is 396 g/mol. The fourth-order valence-electron chi connectivity index (χ4n) is 3.21. The predicted molar refractivity (Wildman–Crippen MR) is 91.3 cm³/mol. The van der Waals surface area contributed by atoms with Gasteiger partial charge in [-0.15, -0.1) is 0 Å². The Labute approximate surface area is 147 Å². The summed E-state index contributed by atoms with van der Waals surface area (Å²) >= 11 is 9.37. The number of ether oxygens (including phenoxy) is 1. The molecule has 2 aromatic carbocycles. The van der Waals surface area contributed by atoms with Gasteiger partial charge in [0.25, 0.3) is 0 Å². The van der Waals surface area contributed by atoms with Crippen molar-refractivity contribution in [3.05, 3.63) is 68.4 Å². The maximum atomic E-state index is 14.0. The Kier molecular flexibility index (Phi) is 4.47. The van der Waals surface area contributed by atoms with Crippen molar-refractivity contribution < 1.29 is 13.9 Å². The molecular formula is C18H15BrClFO2. The summed E-state index contributed by atoms with van der Waals surface area (Å²) in [4.78, 5) is 12.8. The number of fused-ring (bicyclic) bond motifs is 1. The molecule has 1 aliphatic rings. The number of hydrogen-bond acceptors (Lipinski definition) is 2. The summed E-state index contributed by atoms with van der Waals surface area (Å²) in [5.41, 5.74) is 1.70. The summed E-state index contributed by atoms with van der Waals surface area (Å²) < 4.78 is 19.8. The molecule has 120 valence electrons. The van der Waals surface area contributed by atoms with E-state index in [-0.39, 0.29) is 11.0 Å². The lowest BCUT2D eigenvalue weighted by atomic mass is 9.78. The molecule has 0 saturated carbocycles. The molecule has 0 heterocycles. The van der Waals surface area contributed by atoms with Gasteiger partial charge in [-0.2, -0.15) is 0 Å². The van der Waals surface area contributed by atoms with E-state index in [1.807, 2.05) is 30.3 Å². The van der Waals surface area contributed by atoms with Gasteiger partial charge in [0.15, 0.2) is 0 Å². The number of hydrogen-bond donors (Lipinski definition) is 0. The highest BCUT2D eigenvalue weighted by molar-refractivity contribution is 9.10. The third-order valence-electron chi connectivity index (χ3n) is 4.32. The topological polar surface area (TPSA) is 26.3 Å². The molecule has 3 rings (SSSR count). The van der Waals surface area contributed by atoms with Crippen LogP contribution in [0, 0.1) is 5.82 Å². The van der Waals surface area contributed by atoms with Crippen molar-refractivity contribution >= 4 is 33.5 Å². The molecule has 1 unspecified atom stereocenters. The van der Waals surface area contributed by atoms with Crippen LogP contribution >= 0.6 is 27.5 Å². The van der Waals surface area contributed by atoms with E-state index >= 15 is 0 Å². The molecule has 5 heteroatoms. The maximum absolute atomic E-state index is 14.0. The average Bonchev–Trinajstić information content (AvgIpc) is 2.95. The van der Waals surface area contributed by atoms with Crippen molar-refractivity contribution in [2.45, 2.75) is 25.2 Å². The minimum atomic E-state index is -0.834. The van der Waals surface area contributed by atoms with Crippen LogP contribution in [-0.2, 0) is 27.8 Å². The lowest BCUT2D eigenvalue weighted by molar-refractivity contribution is -0.149. The summed E-state index contributed by atoms with van der Waals surface area (Å²) in [5, 5.41) is 0.0523. The minimum absolute atomic E-state index is 0.0523. The van der Waals surface area contributed by atoms with Gasteiger partial charge in [-0.1, -0.05) is 41.9 Å². The zero-order chi connectivity index (χ0) is 16.6. The van der Waals surface area contributed by atoms with E-state index < -0.39 is 11.2 Å². The second-order valence-electron chi connectivity index (χ2n) is 5.65. The highest BCUT2D eigenvalue weighted by Crippen LogP contribution is 2.46. The molecule has 0 aromatic heterocycles. The summed E-state index contributed by atoms with van der Waals surface area (Å²) in [6.07, 6.45) is 0.837. The van der Waals surface area contributed by atoms with Gasteiger partial charge < -0.3 is 4.74 Å². The fourth-order valence-corrected chi connectivity index (χ4v) is 3.97. The van der Waals surface area contributed by atoms with Crippen LogP contribution in [0.25, 0.3) is 0 Å². The lowest BCUT2D eigenvalue weighted by Crippen LogP contribution is -2.38. The number of esters is 1. The molecule has 0 N–H and O–H groups in total. The van der Waals surface area contributed by atoms with Gasteiger partial charge in [-0.05, 0) is 58.5 Å². The van der Waals surface area contributed by atoms with Crippen molar-refractivity contribution in [2.24, 2.45) is 0 Å². The Hall–Kier alpha value is -1.39. The zero-order valence-corrected chi connectivity index (χ0v) is 14.9. The highest BCUT2D eigenvalue weighted by atomic mass is 79.9. The Morgan fingerprint density at radius 3 is 2.70 bits per heavy atom. The molecule has 0 fully saturated rings. The molecule has 0 spiro atoms. The number of rotatable bonds is 3. The normalized spacial score (nSPS) is 19.5. The Balaban J connectivity index is 2.14. The van der Waals surface area contributed by atoms with E-state index in [1.165, 1.54) is 6.07 Å². The van der Waals surface area contributed by atoms with Crippen LogP contribution in [0.5, 0.6) is 0 Å². The zero-order valence-electron chi connectivity index (χ0n) is 12.5. The van der Waals surface area contributed by atoms with Crippen molar-refractivity contribution in [3.8, 4) is 0 Å². The fraction of sp³-hybridized carbons (Fsp3) is 0.278. The molecule has 0 aliphatic heterocycles. The van der Waals surface area contributed by atoms with Crippen LogP contribution in [0.4, 0.5) is 4.39 Å². The van der Waals surface area contributed by atoms with Crippen LogP contribution in [0.15, 0.2) is 40.9 Å². The van der Waals surface area contributed by atoms with E-state index in [4.69, 9.17) is 16.3 Å². The van der Waals surface area contributed by atoms with Gasteiger partial charge in [0.1, 0.15) is 11.2 Å². The van der Waals surface area contributed by atoms with Crippen molar-refractivity contribution in [1.29, 1.82) is 0 Å². The van der Waals surface area contributed by atoms with E-state index in [0.29, 0.717) is 23.9 Å². The molecule has 1 atom stereocenters. The molecule has 2 aromatic rings. The second kappa shape index (κ2) is 6.25. The summed E-state index contributed by atoms with van der Waals surface area (Å²) in [7, 11) is 0. The molecule has 0 saturated heterocycles. The first-order chi connectivity index (χ1) is 11.0. The average molecular weight is 398 g/mol. The van der Waals surface area contributed by atoms with E-state index in [1.54, 1.807) is 6.92 Å². The second-order valence-corrected chi connectivity index (χ2v) is 6.82. The molecule has 2 nitrogen and oxygen atoms in total. The molecule has 0 bridgehead atoms. The number of benzene rings is 2. The van der Waals surface area contributed by atoms with E-state index in [0.717, 1.165) is 16.7 Å². The van der Waals surface area contributed by atoms with E-state index in [2.05, 4.69) is 15.9 Å². The van der Waals surface area contributed by atoms with Gasteiger partial charge in [0.2, 0.25) is 0 Å². The smallest absolute Gasteiger partial charge is 0.317 e. The van der Waals surface area contributed by atoms with Crippen LogP contribution in [-0.4, -0.2) is 12.6 Å². The van der Waals surface area contributed by atoms with Crippen LogP contribution < -0.4 is 0 Å². The molecule has 1 aliphatic carbocycles. The summed E-state index contributed by atoms with van der Waals surface area (Å²) in [6, 6.07) is 10.9. The van der Waals surface area contributed by atoms with Crippen molar-refractivity contribution in [2.75, 3.05) is 6.61 Å². The Morgan fingerprint density at radius 2 is 2.04 bits per heavy atom. The van der Waals surface area contributed by atoms with Crippen LogP contribution in [0.1, 0.15) is 23.6 Å². The van der Waals surface area contributed by atoms with Gasteiger partial charge in [0, 0.05) is 4.47 Å². The highest BCUT2D eigenvalue weighted by Gasteiger charge is 2.47. The standard InChI is InChI=1S/C18H15BrClFO2/c1-2-23-17(22)18(12-6-4-3-5-7-12)9-11-8-14(21)16(20)15(19)13(11)10-18/h3-8H,2,9-10H2,1H3. The number of carbonyl (C=O) groups excluding carboxylic acids is 1. The maximum Gasteiger partial charge on any atom is 0.317 e. The Bertz CT molecular complexity index is 763. The van der Waals surface area contributed by atoms with Crippen LogP contribution in [0.2, 0.25) is 5.02 Å². The van der Waals surface area contributed by atoms with Gasteiger partial charge in [-0.3, -0.25) is 4.79 Å². The predicted octanol–water partition coefficient (Wildman–Crippen LogP) is 4.84. The third-order valence-corrected chi connectivity index (χ3v) is 5.79. The first-order valence-corrected chi connectivity index (χ1v) is 8.54. The van der Waals surface area contributed by atoms with Crippen molar-refractivity contribution in [1.82, 2.24) is 0 Å². The molecular weight excluding hydrogens is 383 g/mol. The largest absolute Gasteiger partial charge is 0.465 e.